The molecule has 1 rings (SSSR count). The summed E-state index contributed by atoms with van der Waals surface area (Å²) in [4.78, 5) is 13.8. The Morgan fingerprint density at radius 2 is 2.18 bits per heavy atom. The second-order valence-electron chi connectivity index (χ2n) is 4.48. The average molecular weight is 236 g/mol. The van der Waals surface area contributed by atoms with Gasteiger partial charge in [-0.15, -0.1) is 0 Å². The van der Waals surface area contributed by atoms with E-state index in [1.54, 1.807) is 37.1 Å². The van der Waals surface area contributed by atoms with E-state index in [2.05, 4.69) is 0 Å². The van der Waals surface area contributed by atoms with Crippen molar-refractivity contribution in [3.63, 3.8) is 0 Å². The van der Waals surface area contributed by atoms with E-state index in [1.807, 2.05) is 6.92 Å². The van der Waals surface area contributed by atoms with Crippen molar-refractivity contribution in [1.29, 1.82) is 0 Å². The Bertz CT molecular complexity index is 404. The van der Waals surface area contributed by atoms with E-state index < -0.39 is 0 Å². The second kappa shape index (κ2) is 5.68. The third-order valence-corrected chi connectivity index (χ3v) is 2.87. The maximum atomic E-state index is 12.1. The third-order valence-electron chi connectivity index (χ3n) is 2.87. The molecule has 1 atom stereocenters. The summed E-state index contributed by atoms with van der Waals surface area (Å²) in [6.45, 7) is 4.91. The van der Waals surface area contributed by atoms with E-state index >= 15 is 0 Å². The molecule has 0 saturated heterocycles. The van der Waals surface area contributed by atoms with Crippen LogP contribution in [0.5, 0.6) is 5.75 Å². The van der Waals surface area contributed by atoms with Gasteiger partial charge in [0.2, 0.25) is 0 Å². The lowest BCUT2D eigenvalue weighted by Gasteiger charge is -2.21. The maximum absolute atomic E-state index is 12.1. The Hall–Kier alpha value is -1.55. The topological polar surface area (TPSA) is 66.6 Å². The predicted molar refractivity (Wildman–Crippen MR) is 68.0 cm³/mol. The highest BCUT2D eigenvalue weighted by Crippen LogP contribution is 2.20. The van der Waals surface area contributed by atoms with E-state index in [0.29, 0.717) is 24.2 Å². The molecule has 0 saturated carbocycles. The van der Waals surface area contributed by atoms with Crippen molar-refractivity contribution in [2.75, 3.05) is 20.1 Å². The van der Waals surface area contributed by atoms with Gasteiger partial charge in [0.25, 0.3) is 5.91 Å². The zero-order chi connectivity index (χ0) is 13.0. The first kappa shape index (κ1) is 13.5. The standard InChI is InChI=1S/C13H20N2O2/c1-9(7-14)8-15(3)13(17)11-5-4-6-12(16)10(11)2/h4-6,9,16H,7-8,14H2,1-3H3. The molecular formula is C13H20N2O2. The number of hydrogen-bond donors (Lipinski definition) is 2. The molecule has 94 valence electrons. The van der Waals surface area contributed by atoms with Crippen LogP contribution in [0.25, 0.3) is 0 Å². The van der Waals surface area contributed by atoms with Crippen molar-refractivity contribution >= 4 is 5.91 Å². The highest BCUT2D eigenvalue weighted by molar-refractivity contribution is 5.96. The first-order valence-corrected chi connectivity index (χ1v) is 5.71. The molecular weight excluding hydrogens is 216 g/mol. The molecule has 0 fully saturated rings. The minimum Gasteiger partial charge on any atom is -0.508 e. The number of carbonyl (C=O) groups is 1. The Morgan fingerprint density at radius 1 is 1.53 bits per heavy atom. The van der Waals surface area contributed by atoms with Gasteiger partial charge in [-0.25, -0.2) is 0 Å². The van der Waals surface area contributed by atoms with Crippen LogP contribution >= 0.6 is 0 Å². The Labute approximate surface area is 102 Å². The van der Waals surface area contributed by atoms with Gasteiger partial charge in [-0.05, 0) is 31.5 Å². The molecule has 0 aliphatic heterocycles. The molecule has 1 aromatic rings. The molecule has 0 bridgehead atoms. The number of carbonyl (C=O) groups excluding carboxylic acids is 1. The molecule has 17 heavy (non-hydrogen) atoms. The van der Waals surface area contributed by atoms with E-state index in [4.69, 9.17) is 5.73 Å². The summed E-state index contributed by atoms with van der Waals surface area (Å²) < 4.78 is 0. The molecule has 0 heterocycles. The SMILES string of the molecule is Cc1c(O)cccc1C(=O)N(C)CC(C)CN. The van der Waals surface area contributed by atoms with Gasteiger partial charge in [-0.2, -0.15) is 0 Å². The van der Waals surface area contributed by atoms with Crippen molar-refractivity contribution in [1.82, 2.24) is 4.90 Å². The van der Waals surface area contributed by atoms with Crippen molar-refractivity contribution in [2.45, 2.75) is 13.8 Å². The summed E-state index contributed by atoms with van der Waals surface area (Å²) in [5.41, 5.74) is 6.69. The molecule has 0 aromatic heterocycles. The number of rotatable bonds is 4. The number of hydrogen-bond acceptors (Lipinski definition) is 3. The summed E-state index contributed by atoms with van der Waals surface area (Å²) in [5, 5.41) is 9.57. The smallest absolute Gasteiger partial charge is 0.254 e. The molecule has 1 amide bonds. The van der Waals surface area contributed by atoms with Crippen LogP contribution in [0.2, 0.25) is 0 Å². The fourth-order valence-electron chi connectivity index (χ4n) is 1.69. The van der Waals surface area contributed by atoms with Crippen molar-refractivity contribution in [2.24, 2.45) is 11.7 Å². The van der Waals surface area contributed by atoms with E-state index in [9.17, 15) is 9.90 Å². The number of aromatic hydroxyl groups is 1. The van der Waals surface area contributed by atoms with Crippen LogP contribution in [0.3, 0.4) is 0 Å². The van der Waals surface area contributed by atoms with Crippen LogP contribution in [0.1, 0.15) is 22.8 Å². The highest BCUT2D eigenvalue weighted by atomic mass is 16.3. The maximum Gasteiger partial charge on any atom is 0.254 e. The van der Waals surface area contributed by atoms with Crippen LogP contribution < -0.4 is 5.73 Å². The van der Waals surface area contributed by atoms with E-state index in [-0.39, 0.29) is 17.6 Å². The predicted octanol–water partition coefficient (Wildman–Crippen LogP) is 1.37. The Kier molecular flexibility index (Phi) is 4.52. The molecule has 0 aliphatic rings. The zero-order valence-corrected chi connectivity index (χ0v) is 10.6. The minimum absolute atomic E-state index is 0.0845. The van der Waals surface area contributed by atoms with Gasteiger partial charge in [0.05, 0.1) is 0 Å². The number of phenolic OH excluding ortho intramolecular Hbond substituents is 1. The van der Waals surface area contributed by atoms with Crippen LogP contribution in [0, 0.1) is 12.8 Å². The van der Waals surface area contributed by atoms with Crippen molar-refractivity contribution in [3.05, 3.63) is 29.3 Å². The number of nitrogens with zero attached hydrogens (tertiary/aromatic N) is 1. The lowest BCUT2D eigenvalue weighted by molar-refractivity contribution is 0.0776. The highest BCUT2D eigenvalue weighted by Gasteiger charge is 2.16. The van der Waals surface area contributed by atoms with Crippen molar-refractivity contribution in [3.8, 4) is 5.75 Å². The molecule has 4 heteroatoms. The quantitative estimate of drug-likeness (QED) is 0.829. The molecule has 1 unspecified atom stereocenters. The number of nitrogens with two attached hydrogens (primary N) is 1. The van der Waals surface area contributed by atoms with E-state index in [0.717, 1.165) is 0 Å². The lowest BCUT2D eigenvalue weighted by Crippen LogP contribution is -2.33. The molecule has 0 spiro atoms. The largest absolute Gasteiger partial charge is 0.508 e. The van der Waals surface area contributed by atoms with Gasteiger partial charge >= 0.3 is 0 Å². The molecule has 1 aromatic carbocycles. The van der Waals surface area contributed by atoms with Gasteiger partial charge in [0, 0.05) is 24.7 Å². The lowest BCUT2D eigenvalue weighted by atomic mass is 10.1. The number of phenols is 1. The summed E-state index contributed by atoms with van der Waals surface area (Å²) in [5.74, 6) is 0.330. The fraction of sp³-hybridized carbons (Fsp3) is 0.462. The monoisotopic (exact) mass is 236 g/mol. The molecule has 4 nitrogen and oxygen atoms in total. The Balaban J connectivity index is 2.85. The van der Waals surface area contributed by atoms with Gasteiger partial charge in [-0.3, -0.25) is 4.79 Å². The normalized spacial score (nSPS) is 12.2. The Morgan fingerprint density at radius 3 is 2.76 bits per heavy atom. The molecule has 0 aliphatic carbocycles. The van der Waals surface area contributed by atoms with Crippen LogP contribution in [0.15, 0.2) is 18.2 Å². The van der Waals surface area contributed by atoms with Crippen LogP contribution in [-0.2, 0) is 0 Å². The first-order chi connectivity index (χ1) is 7.97. The van der Waals surface area contributed by atoms with Gasteiger partial charge < -0.3 is 15.7 Å². The van der Waals surface area contributed by atoms with Crippen LogP contribution in [0.4, 0.5) is 0 Å². The summed E-state index contributed by atoms with van der Waals surface area (Å²) >= 11 is 0. The zero-order valence-electron chi connectivity index (χ0n) is 10.6. The van der Waals surface area contributed by atoms with Gasteiger partial charge in [0.15, 0.2) is 0 Å². The summed E-state index contributed by atoms with van der Waals surface area (Å²) in [7, 11) is 1.75. The number of amides is 1. The van der Waals surface area contributed by atoms with Gasteiger partial charge in [0.1, 0.15) is 5.75 Å². The second-order valence-corrected chi connectivity index (χ2v) is 4.48. The van der Waals surface area contributed by atoms with E-state index in [1.165, 1.54) is 0 Å². The average Bonchev–Trinajstić information content (AvgIpc) is 2.31. The van der Waals surface area contributed by atoms with Crippen molar-refractivity contribution < 1.29 is 9.90 Å². The number of benzene rings is 1. The summed E-state index contributed by atoms with van der Waals surface area (Å²) in [6, 6.07) is 4.98. The fourth-order valence-corrected chi connectivity index (χ4v) is 1.69. The molecule has 3 N–H and O–H groups in total. The van der Waals surface area contributed by atoms with Gasteiger partial charge in [-0.1, -0.05) is 13.0 Å². The third kappa shape index (κ3) is 3.20. The first-order valence-electron chi connectivity index (χ1n) is 5.71. The minimum atomic E-state index is -0.0845. The molecule has 0 radical (unpaired) electrons. The summed E-state index contributed by atoms with van der Waals surface area (Å²) in [6.07, 6.45) is 0. The van der Waals surface area contributed by atoms with Crippen LogP contribution in [-0.4, -0.2) is 36.1 Å².